The van der Waals surface area contributed by atoms with Crippen molar-refractivity contribution in [2.24, 2.45) is 4.99 Å². The summed E-state index contributed by atoms with van der Waals surface area (Å²) in [6.07, 6.45) is 1.53. The fourth-order valence-electron chi connectivity index (χ4n) is 3.33. The summed E-state index contributed by atoms with van der Waals surface area (Å²) in [4.78, 5) is 30.4. The number of aliphatic imine (C=N–C) groups is 1. The van der Waals surface area contributed by atoms with Crippen molar-refractivity contribution < 1.29 is 14.7 Å². The van der Waals surface area contributed by atoms with E-state index in [0.29, 0.717) is 38.6 Å². The first-order valence-corrected chi connectivity index (χ1v) is 10.6. The molecule has 0 bridgehead atoms. The highest BCUT2D eigenvalue weighted by Crippen LogP contribution is 2.21. The molecule has 2 amide bonds. The zero-order valence-corrected chi connectivity index (χ0v) is 20.5. The highest BCUT2D eigenvalue weighted by molar-refractivity contribution is 14.0. The zero-order chi connectivity index (χ0) is 22.1. The Morgan fingerprint density at radius 1 is 1.06 bits per heavy atom. The van der Waals surface area contributed by atoms with E-state index in [0.717, 1.165) is 24.2 Å². The number of guanidine groups is 1. The van der Waals surface area contributed by atoms with Gasteiger partial charge in [-0.25, -0.2) is 4.99 Å². The Labute approximate surface area is 205 Å². The summed E-state index contributed by atoms with van der Waals surface area (Å²) in [5.74, 6) is 0.471. The minimum atomic E-state index is -0.321. The third kappa shape index (κ3) is 7.11. The van der Waals surface area contributed by atoms with Crippen molar-refractivity contribution in [2.75, 3.05) is 31.1 Å². The molecule has 0 aromatic heterocycles. The number of halogens is 1. The number of para-hydroxylation sites is 1. The number of phenolic OH excluding ortho intramolecular Hbond substituents is 1. The van der Waals surface area contributed by atoms with Crippen LogP contribution in [-0.4, -0.2) is 49.1 Å². The van der Waals surface area contributed by atoms with Crippen LogP contribution in [0.5, 0.6) is 5.75 Å². The summed E-state index contributed by atoms with van der Waals surface area (Å²) >= 11 is 0. The summed E-state index contributed by atoms with van der Waals surface area (Å²) in [5, 5.41) is 18.9. The molecular formula is C23H30IN5O3. The number of benzene rings is 2. The Kier molecular flexibility index (Phi) is 10.3. The van der Waals surface area contributed by atoms with Gasteiger partial charge in [0.1, 0.15) is 5.75 Å². The number of carbonyl (C=O) groups excluding carboxylic acids is 2. The molecule has 0 saturated carbocycles. The van der Waals surface area contributed by atoms with Crippen LogP contribution < -0.4 is 20.9 Å². The number of anilines is 1. The first-order valence-electron chi connectivity index (χ1n) is 10.6. The number of nitrogens with one attached hydrogen (secondary N) is 3. The van der Waals surface area contributed by atoms with Gasteiger partial charge in [0.25, 0.3) is 5.91 Å². The first kappa shape index (κ1) is 25.4. The van der Waals surface area contributed by atoms with Crippen LogP contribution in [0.4, 0.5) is 5.69 Å². The lowest BCUT2D eigenvalue weighted by Crippen LogP contribution is -2.41. The van der Waals surface area contributed by atoms with E-state index in [1.165, 1.54) is 6.07 Å². The monoisotopic (exact) mass is 551 g/mol. The van der Waals surface area contributed by atoms with Gasteiger partial charge in [0, 0.05) is 38.3 Å². The Balaban J connectivity index is 0.00000363. The molecule has 0 unspecified atom stereocenters. The molecule has 1 aliphatic rings. The molecule has 0 atom stereocenters. The average Bonchev–Trinajstić information content (AvgIpc) is 3.21. The van der Waals surface area contributed by atoms with Crippen molar-refractivity contribution in [1.82, 2.24) is 16.0 Å². The molecule has 8 nitrogen and oxygen atoms in total. The van der Waals surface area contributed by atoms with E-state index in [2.05, 4.69) is 20.9 Å². The number of hydrogen-bond acceptors (Lipinski definition) is 4. The second-order valence-corrected chi connectivity index (χ2v) is 7.21. The van der Waals surface area contributed by atoms with Crippen molar-refractivity contribution in [3.63, 3.8) is 0 Å². The Hall–Kier alpha value is -2.82. The lowest BCUT2D eigenvalue weighted by Gasteiger charge is -2.16. The highest BCUT2D eigenvalue weighted by Gasteiger charge is 2.21. The largest absolute Gasteiger partial charge is 0.507 e. The van der Waals surface area contributed by atoms with Gasteiger partial charge in [0.2, 0.25) is 5.91 Å². The second kappa shape index (κ2) is 12.9. The molecular weight excluding hydrogens is 521 g/mol. The minimum Gasteiger partial charge on any atom is -0.507 e. The van der Waals surface area contributed by atoms with Gasteiger partial charge < -0.3 is 26.0 Å². The Morgan fingerprint density at radius 3 is 2.44 bits per heavy atom. The number of rotatable bonds is 8. The van der Waals surface area contributed by atoms with Crippen molar-refractivity contribution in [3.05, 3.63) is 59.7 Å². The van der Waals surface area contributed by atoms with Crippen molar-refractivity contribution in [1.29, 1.82) is 0 Å². The zero-order valence-electron chi connectivity index (χ0n) is 18.1. The van der Waals surface area contributed by atoms with Crippen LogP contribution in [0.25, 0.3) is 0 Å². The number of amides is 2. The van der Waals surface area contributed by atoms with Gasteiger partial charge in [-0.1, -0.05) is 24.3 Å². The van der Waals surface area contributed by atoms with Gasteiger partial charge in [-0.05, 0) is 43.2 Å². The van der Waals surface area contributed by atoms with E-state index in [1.54, 1.807) is 18.2 Å². The molecule has 0 radical (unpaired) electrons. The molecule has 2 aromatic rings. The van der Waals surface area contributed by atoms with Crippen LogP contribution >= 0.6 is 24.0 Å². The Morgan fingerprint density at radius 2 is 1.78 bits per heavy atom. The third-order valence-electron chi connectivity index (χ3n) is 4.94. The standard InChI is InChI=1S/C23H29N5O3.HI/c1-2-24-23(26-14-13-25-22(31)19-6-3-4-7-20(19)29)27-16-17-9-11-18(12-10-17)28-15-5-8-21(28)30;/h3-4,6-7,9-12,29H,2,5,8,13-16H2,1H3,(H,25,31)(H2,24,26,27);1H. The van der Waals surface area contributed by atoms with E-state index >= 15 is 0 Å². The predicted molar refractivity (Wildman–Crippen MR) is 137 cm³/mol. The topological polar surface area (TPSA) is 106 Å². The van der Waals surface area contributed by atoms with E-state index in [1.807, 2.05) is 36.1 Å². The van der Waals surface area contributed by atoms with Crippen molar-refractivity contribution in [3.8, 4) is 5.75 Å². The molecule has 0 aliphatic carbocycles. The average molecular weight is 551 g/mol. The van der Waals surface area contributed by atoms with Crippen LogP contribution in [0.15, 0.2) is 53.5 Å². The number of aromatic hydroxyl groups is 1. The third-order valence-corrected chi connectivity index (χ3v) is 4.94. The molecule has 1 heterocycles. The highest BCUT2D eigenvalue weighted by atomic mass is 127. The van der Waals surface area contributed by atoms with Crippen molar-refractivity contribution in [2.45, 2.75) is 26.3 Å². The van der Waals surface area contributed by atoms with Gasteiger partial charge in [0.05, 0.1) is 12.1 Å². The fourth-order valence-corrected chi connectivity index (χ4v) is 3.33. The van der Waals surface area contributed by atoms with Gasteiger partial charge in [-0.15, -0.1) is 24.0 Å². The van der Waals surface area contributed by atoms with Crippen LogP contribution in [-0.2, 0) is 11.3 Å². The predicted octanol–water partition coefficient (Wildman–Crippen LogP) is 2.62. The summed E-state index contributed by atoms with van der Waals surface area (Å²) in [6, 6.07) is 14.3. The SMILES string of the molecule is CCNC(=NCc1ccc(N2CCCC2=O)cc1)NCCNC(=O)c1ccccc1O.I. The van der Waals surface area contributed by atoms with Gasteiger partial charge in [-0.3, -0.25) is 9.59 Å². The number of hydrogen-bond donors (Lipinski definition) is 4. The molecule has 9 heteroatoms. The van der Waals surface area contributed by atoms with Crippen molar-refractivity contribution >= 4 is 47.4 Å². The molecule has 0 spiro atoms. The van der Waals surface area contributed by atoms with Crippen LogP contribution in [0.2, 0.25) is 0 Å². The van der Waals surface area contributed by atoms with Crippen LogP contribution in [0, 0.1) is 0 Å². The summed E-state index contributed by atoms with van der Waals surface area (Å²) in [5.41, 5.74) is 2.23. The summed E-state index contributed by atoms with van der Waals surface area (Å²) in [6.45, 7) is 4.85. The van der Waals surface area contributed by atoms with Crippen LogP contribution in [0.1, 0.15) is 35.7 Å². The number of carbonyl (C=O) groups is 2. The lowest BCUT2D eigenvalue weighted by atomic mass is 10.2. The quantitative estimate of drug-likeness (QED) is 0.175. The summed E-state index contributed by atoms with van der Waals surface area (Å²) in [7, 11) is 0. The first-order chi connectivity index (χ1) is 15.1. The maximum Gasteiger partial charge on any atom is 0.255 e. The minimum absolute atomic E-state index is 0. The molecule has 4 N–H and O–H groups in total. The maximum atomic E-state index is 12.1. The maximum absolute atomic E-state index is 12.1. The number of nitrogens with zero attached hydrogens (tertiary/aromatic N) is 2. The van der Waals surface area contributed by atoms with Gasteiger partial charge in [0.15, 0.2) is 5.96 Å². The van der Waals surface area contributed by atoms with E-state index in [-0.39, 0.29) is 47.1 Å². The molecule has 1 aliphatic heterocycles. The lowest BCUT2D eigenvalue weighted by molar-refractivity contribution is -0.117. The summed E-state index contributed by atoms with van der Waals surface area (Å²) < 4.78 is 0. The number of phenols is 1. The van der Waals surface area contributed by atoms with Gasteiger partial charge >= 0.3 is 0 Å². The molecule has 2 aromatic carbocycles. The Bertz CT molecular complexity index is 933. The molecule has 1 fully saturated rings. The van der Waals surface area contributed by atoms with E-state index in [9.17, 15) is 14.7 Å². The van der Waals surface area contributed by atoms with Gasteiger partial charge in [-0.2, -0.15) is 0 Å². The fraction of sp³-hybridized carbons (Fsp3) is 0.348. The molecule has 32 heavy (non-hydrogen) atoms. The second-order valence-electron chi connectivity index (χ2n) is 7.21. The smallest absolute Gasteiger partial charge is 0.255 e. The molecule has 1 saturated heterocycles. The van der Waals surface area contributed by atoms with E-state index < -0.39 is 0 Å². The molecule has 172 valence electrons. The van der Waals surface area contributed by atoms with Crippen LogP contribution in [0.3, 0.4) is 0 Å². The normalized spacial score (nSPS) is 13.5. The van der Waals surface area contributed by atoms with E-state index in [4.69, 9.17) is 0 Å². The molecule has 3 rings (SSSR count).